The summed E-state index contributed by atoms with van der Waals surface area (Å²) < 4.78 is 45.1. The number of hydrogen-bond acceptors (Lipinski definition) is 3. The molecular formula is C13H9F3N2O2. The highest BCUT2D eigenvalue weighted by molar-refractivity contribution is 5.97. The van der Waals surface area contributed by atoms with Gasteiger partial charge in [-0.25, -0.2) is 8.78 Å². The number of benzene rings is 2. The summed E-state index contributed by atoms with van der Waals surface area (Å²) in [6.07, 6.45) is 0. The molecule has 2 aromatic carbocycles. The highest BCUT2D eigenvalue weighted by atomic mass is 19.2. The van der Waals surface area contributed by atoms with Crippen LogP contribution in [0.2, 0.25) is 0 Å². The van der Waals surface area contributed by atoms with Crippen LogP contribution < -0.4 is 10.5 Å². The fourth-order valence-corrected chi connectivity index (χ4v) is 1.48. The van der Waals surface area contributed by atoms with Gasteiger partial charge in [-0.2, -0.15) is 4.39 Å². The van der Waals surface area contributed by atoms with Gasteiger partial charge in [0.25, 0.3) is 0 Å². The van der Waals surface area contributed by atoms with Crippen molar-refractivity contribution in [2.24, 2.45) is 10.9 Å². The van der Waals surface area contributed by atoms with Crippen molar-refractivity contribution in [3.8, 4) is 11.5 Å². The second-order valence-corrected chi connectivity index (χ2v) is 3.78. The highest BCUT2D eigenvalue weighted by Gasteiger charge is 2.13. The molecule has 0 amide bonds. The zero-order valence-electron chi connectivity index (χ0n) is 9.98. The lowest BCUT2D eigenvalue weighted by Gasteiger charge is -2.09. The number of amidine groups is 1. The van der Waals surface area contributed by atoms with E-state index in [-0.39, 0.29) is 17.1 Å². The molecule has 7 heteroatoms. The van der Waals surface area contributed by atoms with E-state index < -0.39 is 23.2 Å². The quantitative estimate of drug-likeness (QED) is 0.393. The van der Waals surface area contributed by atoms with Crippen molar-refractivity contribution < 1.29 is 23.1 Å². The molecule has 0 aliphatic carbocycles. The van der Waals surface area contributed by atoms with Gasteiger partial charge in [-0.05, 0) is 30.3 Å². The van der Waals surface area contributed by atoms with Crippen LogP contribution in [0.4, 0.5) is 13.2 Å². The molecule has 2 rings (SSSR count). The zero-order valence-corrected chi connectivity index (χ0v) is 9.98. The molecule has 4 nitrogen and oxygen atoms in total. The predicted octanol–water partition coefficient (Wildman–Crippen LogP) is 2.99. The molecular weight excluding hydrogens is 273 g/mol. The number of halogens is 3. The number of ether oxygens (including phenoxy) is 1. The summed E-state index contributed by atoms with van der Waals surface area (Å²) in [5.74, 6) is -4.22. The molecule has 0 atom stereocenters. The molecule has 0 fully saturated rings. The number of nitrogens with zero attached hydrogens (tertiary/aromatic N) is 1. The lowest BCUT2D eigenvalue weighted by atomic mass is 10.2. The number of hydrogen-bond donors (Lipinski definition) is 2. The first-order valence-electron chi connectivity index (χ1n) is 5.42. The van der Waals surface area contributed by atoms with Crippen molar-refractivity contribution in [2.45, 2.75) is 0 Å². The molecule has 20 heavy (non-hydrogen) atoms. The first-order chi connectivity index (χ1) is 9.52. The third-order valence-electron chi connectivity index (χ3n) is 2.47. The molecule has 0 aliphatic heterocycles. The first-order valence-corrected chi connectivity index (χ1v) is 5.42. The molecule has 0 aliphatic rings. The van der Waals surface area contributed by atoms with E-state index in [1.54, 1.807) is 0 Å². The van der Waals surface area contributed by atoms with E-state index in [2.05, 4.69) is 5.16 Å². The van der Waals surface area contributed by atoms with Crippen LogP contribution >= 0.6 is 0 Å². The molecule has 0 bridgehead atoms. The Kier molecular flexibility index (Phi) is 3.79. The molecule has 0 saturated carbocycles. The molecule has 2 aromatic rings. The van der Waals surface area contributed by atoms with Gasteiger partial charge >= 0.3 is 0 Å². The van der Waals surface area contributed by atoms with Crippen LogP contribution in [-0.2, 0) is 0 Å². The SMILES string of the molecule is NC(=NO)c1ccc(Oc2cccc(F)c2F)c(F)c1. The largest absolute Gasteiger partial charge is 0.451 e. The average Bonchev–Trinajstić information content (AvgIpc) is 2.45. The fraction of sp³-hybridized carbons (Fsp3) is 0. The van der Waals surface area contributed by atoms with Crippen molar-refractivity contribution in [2.75, 3.05) is 0 Å². The van der Waals surface area contributed by atoms with E-state index in [4.69, 9.17) is 15.7 Å². The van der Waals surface area contributed by atoms with Crippen LogP contribution in [0.25, 0.3) is 0 Å². The Morgan fingerprint density at radius 2 is 1.80 bits per heavy atom. The lowest BCUT2D eigenvalue weighted by molar-refractivity contribution is 0.318. The van der Waals surface area contributed by atoms with Crippen LogP contribution in [0, 0.1) is 17.5 Å². The summed E-state index contributed by atoms with van der Waals surface area (Å²) >= 11 is 0. The van der Waals surface area contributed by atoms with Crippen LogP contribution in [0.1, 0.15) is 5.56 Å². The summed E-state index contributed by atoms with van der Waals surface area (Å²) in [6, 6.07) is 6.73. The third kappa shape index (κ3) is 2.66. The fourth-order valence-electron chi connectivity index (χ4n) is 1.48. The van der Waals surface area contributed by atoms with Gasteiger partial charge in [0, 0.05) is 5.56 Å². The Labute approximate surface area is 111 Å². The maximum Gasteiger partial charge on any atom is 0.201 e. The van der Waals surface area contributed by atoms with E-state index in [1.807, 2.05) is 0 Å². The van der Waals surface area contributed by atoms with Crippen molar-refractivity contribution >= 4 is 5.84 Å². The van der Waals surface area contributed by atoms with Crippen LogP contribution in [-0.4, -0.2) is 11.0 Å². The average molecular weight is 282 g/mol. The van der Waals surface area contributed by atoms with Crippen LogP contribution in [0.15, 0.2) is 41.6 Å². The molecule has 0 saturated heterocycles. The summed E-state index contributed by atoms with van der Waals surface area (Å²) in [5, 5.41) is 11.2. The van der Waals surface area contributed by atoms with Crippen LogP contribution in [0.3, 0.4) is 0 Å². The van der Waals surface area contributed by atoms with E-state index >= 15 is 0 Å². The predicted molar refractivity (Wildman–Crippen MR) is 65.3 cm³/mol. The van der Waals surface area contributed by atoms with Gasteiger partial charge in [-0.3, -0.25) is 0 Å². The standard InChI is InChI=1S/C13H9F3N2O2/c14-8-2-1-3-11(12(8)16)20-10-5-4-7(6-9(10)15)13(17)18-19/h1-6,19H,(H2,17,18). The Bertz CT molecular complexity index is 675. The van der Waals surface area contributed by atoms with Crippen molar-refractivity contribution in [3.63, 3.8) is 0 Å². The van der Waals surface area contributed by atoms with Crippen molar-refractivity contribution in [1.29, 1.82) is 0 Å². The maximum absolute atomic E-state index is 13.7. The summed E-state index contributed by atoms with van der Waals surface area (Å²) in [5.41, 5.74) is 5.41. The molecule has 0 aromatic heterocycles. The van der Waals surface area contributed by atoms with Gasteiger partial charge in [0.15, 0.2) is 29.0 Å². The summed E-state index contributed by atoms with van der Waals surface area (Å²) in [4.78, 5) is 0. The van der Waals surface area contributed by atoms with Gasteiger partial charge in [0.1, 0.15) is 0 Å². The Morgan fingerprint density at radius 3 is 2.45 bits per heavy atom. The summed E-state index contributed by atoms with van der Waals surface area (Å²) in [6.45, 7) is 0. The topological polar surface area (TPSA) is 67.8 Å². The van der Waals surface area contributed by atoms with Crippen LogP contribution in [0.5, 0.6) is 11.5 Å². The molecule has 3 N–H and O–H groups in total. The van der Waals surface area contributed by atoms with E-state index in [0.717, 1.165) is 24.3 Å². The van der Waals surface area contributed by atoms with Gasteiger partial charge < -0.3 is 15.7 Å². The van der Waals surface area contributed by atoms with Crippen molar-refractivity contribution in [1.82, 2.24) is 0 Å². The number of oxime groups is 1. The lowest BCUT2D eigenvalue weighted by Crippen LogP contribution is -2.13. The Balaban J connectivity index is 2.33. The molecule has 0 unspecified atom stereocenters. The normalized spacial score (nSPS) is 11.4. The van der Waals surface area contributed by atoms with Crippen molar-refractivity contribution in [3.05, 3.63) is 59.4 Å². The van der Waals surface area contributed by atoms with Gasteiger partial charge in [0.2, 0.25) is 5.82 Å². The summed E-state index contributed by atoms with van der Waals surface area (Å²) in [7, 11) is 0. The number of rotatable bonds is 3. The number of nitrogens with two attached hydrogens (primary N) is 1. The minimum Gasteiger partial charge on any atom is -0.451 e. The van der Waals surface area contributed by atoms with Gasteiger partial charge in [0.05, 0.1) is 0 Å². The minimum absolute atomic E-state index is 0.122. The molecule has 0 heterocycles. The van der Waals surface area contributed by atoms with E-state index in [0.29, 0.717) is 0 Å². The molecule has 0 radical (unpaired) electrons. The van der Waals surface area contributed by atoms with E-state index in [1.165, 1.54) is 12.1 Å². The maximum atomic E-state index is 13.7. The second-order valence-electron chi connectivity index (χ2n) is 3.78. The Hall–Kier alpha value is -2.70. The molecule has 0 spiro atoms. The molecule has 104 valence electrons. The highest BCUT2D eigenvalue weighted by Crippen LogP contribution is 2.28. The zero-order chi connectivity index (χ0) is 14.7. The third-order valence-corrected chi connectivity index (χ3v) is 2.47. The smallest absolute Gasteiger partial charge is 0.201 e. The first kappa shape index (κ1) is 13.7. The van der Waals surface area contributed by atoms with Gasteiger partial charge in [-0.15, -0.1) is 0 Å². The van der Waals surface area contributed by atoms with E-state index in [9.17, 15) is 13.2 Å². The minimum atomic E-state index is -1.22. The Morgan fingerprint density at radius 1 is 1.05 bits per heavy atom. The monoisotopic (exact) mass is 282 g/mol. The second kappa shape index (κ2) is 5.52. The van der Waals surface area contributed by atoms with Gasteiger partial charge in [-0.1, -0.05) is 11.2 Å².